The van der Waals surface area contributed by atoms with Crippen molar-refractivity contribution in [3.05, 3.63) is 171 Å². The molecule has 6 rings (SSSR count). The van der Waals surface area contributed by atoms with Crippen molar-refractivity contribution in [1.82, 2.24) is 0 Å². The van der Waals surface area contributed by atoms with Crippen LogP contribution in [0.25, 0.3) is 0 Å². The summed E-state index contributed by atoms with van der Waals surface area (Å²) in [4.78, 5) is 2.44. The minimum Gasteiger partial charge on any atom is -0.507 e. The van der Waals surface area contributed by atoms with Crippen LogP contribution in [-0.4, -0.2) is 10.2 Å². The van der Waals surface area contributed by atoms with E-state index in [9.17, 15) is 10.2 Å². The van der Waals surface area contributed by atoms with E-state index in [1.165, 1.54) is 23.1 Å². The fourth-order valence-corrected chi connectivity index (χ4v) is 9.52. The highest BCUT2D eigenvalue weighted by Gasteiger charge is 2.29. The summed E-state index contributed by atoms with van der Waals surface area (Å²) in [5.41, 5.74) is 14.8. The number of nitrogens with zero attached hydrogens (tertiary/aromatic N) is 1. The Morgan fingerprint density at radius 2 is 0.706 bits per heavy atom. The summed E-state index contributed by atoms with van der Waals surface area (Å²) < 4.78 is 0. The first-order valence-electron chi connectivity index (χ1n) is 24.9. The highest BCUT2D eigenvalue weighted by atomic mass is 16.3. The zero-order valence-corrected chi connectivity index (χ0v) is 44.5. The van der Waals surface area contributed by atoms with Crippen molar-refractivity contribution in [1.29, 1.82) is 0 Å². The van der Waals surface area contributed by atoms with E-state index < -0.39 is 0 Å². The fraction of sp³-hybridized carbons (Fsp3) is 0.429. The second-order valence-corrected chi connectivity index (χ2v) is 25.1. The lowest BCUT2D eigenvalue weighted by molar-refractivity contribution is 0.306. The number of aromatic hydroxyl groups is 2. The van der Waals surface area contributed by atoms with Crippen LogP contribution in [0.2, 0.25) is 0 Å². The third-order valence-corrected chi connectivity index (χ3v) is 12.9. The molecule has 68 heavy (non-hydrogen) atoms. The van der Waals surface area contributed by atoms with Crippen molar-refractivity contribution in [3.8, 4) is 11.5 Å². The Kier molecular flexibility index (Phi) is 15.3. The van der Waals surface area contributed by atoms with Crippen molar-refractivity contribution in [3.63, 3.8) is 0 Å². The molecule has 5 heteroatoms. The fourth-order valence-electron chi connectivity index (χ4n) is 9.52. The Morgan fingerprint density at radius 1 is 0.412 bits per heavy atom. The Bertz CT molecular complexity index is 2450. The molecule has 0 saturated carbocycles. The molecule has 0 aliphatic carbocycles. The van der Waals surface area contributed by atoms with Gasteiger partial charge >= 0.3 is 0 Å². The minimum absolute atomic E-state index is 0.233. The molecule has 0 aromatic heterocycles. The molecule has 1 atom stereocenters. The Balaban J connectivity index is 1.18. The maximum Gasteiger partial charge on any atom is 0.123 e. The van der Waals surface area contributed by atoms with E-state index in [2.05, 4.69) is 248 Å². The molecule has 5 nitrogen and oxygen atoms in total. The smallest absolute Gasteiger partial charge is 0.123 e. The van der Waals surface area contributed by atoms with Crippen molar-refractivity contribution in [2.45, 2.75) is 165 Å². The van der Waals surface area contributed by atoms with Gasteiger partial charge in [0.05, 0.1) is 0 Å². The number of benzene rings is 6. The predicted octanol–water partition coefficient (Wildman–Crippen LogP) is 17.2. The standard InChI is InChI=1S/C63H83N3O2/c1-42(39-59(2,3)4)33-43-17-23-48(24-18-43)64-50-27-29-51(30-28-50)65-49-25-19-44(20-26-49)34-45-21-31-52(32-22-45)66(40-46-35-53(60(5,6)7)57(67)54(36-46)61(8,9)10)41-47-37-55(62(11,12)13)58(68)56(38-47)63(14,15)16/h17-32,35-38,42,64-65,67-68H,33-34,39-41H2,1-16H3. The normalized spacial score (nSPS) is 13.1. The highest BCUT2D eigenvalue weighted by Crippen LogP contribution is 2.42. The van der Waals surface area contributed by atoms with Crippen LogP contribution in [0.1, 0.15) is 167 Å². The lowest BCUT2D eigenvalue weighted by Crippen LogP contribution is -2.25. The maximum absolute atomic E-state index is 11.6. The molecule has 0 radical (unpaired) electrons. The summed E-state index contributed by atoms with van der Waals surface area (Å²) in [5, 5.41) is 30.3. The van der Waals surface area contributed by atoms with E-state index >= 15 is 0 Å². The molecular formula is C63H83N3O2. The molecule has 6 aromatic rings. The molecule has 0 amide bonds. The Hall–Kier alpha value is -5.68. The van der Waals surface area contributed by atoms with Crippen molar-refractivity contribution in [2.24, 2.45) is 11.3 Å². The average molecular weight is 914 g/mol. The van der Waals surface area contributed by atoms with Crippen LogP contribution in [-0.2, 0) is 47.6 Å². The Labute approximate surface area is 411 Å². The van der Waals surface area contributed by atoms with Gasteiger partial charge in [0.15, 0.2) is 0 Å². The SMILES string of the molecule is CC(Cc1ccc(Nc2ccc(Nc3ccc(Cc4ccc(N(Cc5cc(C(C)(C)C)c(O)c(C(C)(C)C)c5)Cc5cc(C(C)(C)C)c(O)c(C(C)(C)C)c5)cc4)cc3)cc2)cc1)CC(C)(C)C. The summed E-state index contributed by atoms with van der Waals surface area (Å²) in [7, 11) is 0. The first kappa shape index (κ1) is 51.7. The van der Waals surface area contributed by atoms with Gasteiger partial charge in [0.25, 0.3) is 0 Å². The monoisotopic (exact) mass is 914 g/mol. The first-order chi connectivity index (χ1) is 31.5. The summed E-state index contributed by atoms with van der Waals surface area (Å²) >= 11 is 0. The molecule has 0 aliphatic heterocycles. The molecule has 362 valence electrons. The van der Waals surface area contributed by atoms with Crippen LogP contribution in [0.3, 0.4) is 0 Å². The molecule has 0 fully saturated rings. The second-order valence-electron chi connectivity index (χ2n) is 25.1. The number of phenolic OH excluding ortho intramolecular Hbond substituents is 2. The zero-order valence-electron chi connectivity index (χ0n) is 44.5. The van der Waals surface area contributed by atoms with E-state index in [0.717, 1.165) is 74.7 Å². The number of rotatable bonds is 14. The zero-order chi connectivity index (χ0) is 50.0. The predicted molar refractivity (Wildman–Crippen MR) is 293 cm³/mol. The van der Waals surface area contributed by atoms with Crippen LogP contribution < -0.4 is 15.5 Å². The van der Waals surface area contributed by atoms with E-state index in [0.29, 0.717) is 35.9 Å². The number of nitrogens with one attached hydrogen (secondary N) is 2. The van der Waals surface area contributed by atoms with Crippen molar-refractivity contribution < 1.29 is 10.2 Å². The van der Waals surface area contributed by atoms with Gasteiger partial charge in [-0.05, 0) is 187 Å². The van der Waals surface area contributed by atoms with Crippen LogP contribution >= 0.6 is 0 Å². The molecule has 0 spiro atoms. The third-order valence-electron chi connectivity index (χ3n) is 12.9. The summed E-state index contributed by atoms with van der Waals surface area (Å²) in [5.74, 6) is 1.45. The molecule has 0 heterocycles. The van der Waals surface area contributed by atoms with Crippen molar-refractivity contribution >= 4 is 28.4 Å². The van der Waals surface area contributed by atoms with Gasteiger partial charge < -0.3 is 25.7 Å². The molecule has 0 saturated heterocycles. The van der Waals surface area contributed by atoms with E-state index in [1.807, 2.05) is 0 Å². The van der Waals surface area contributed by atoms with Gasteiger partial charge in [-0.25, -0.2) is 0 Å². The third kappa shape index (κ3) is 14.0. The number of hydrogen-bond donors (Lipinski definition) is 4. The van der Waals surface area contributed by atoms with Gasteiger partial charge in [0.1, 0.15) is 11.5 Å². The Morgan fingerprint density at radius 3 is 1.01 bits per heavy atom. The first-order valence-corrected chi connectivity index (χ1v) is 24.9. The highest BCUT2D eigenvalue weighted by molar-refractivity contribution is 5.66. The van der Waals surface area contributed by atoms with Crippen LogP contribution in [0, 0.1) is 11.3 Å². The van der Waals surface area contributed by atoms with Gasteiger partial charge in [-0.2, -0.15) is 0 Å². The van der Waals surface area contributed by atoms with Gasteiger partial charge in [-0.15, -0.1) is 0 Å². The summed E-state index contributed by atoms with van der Waals surface area (Å²) in [6.07, 6.45) is 3.15. The molecule has 4 N–H and O–H groups in total. The van der Waals surface area contributed by atoms with Crippen LogP contribution in [0.15, 0.2) is 121 Å². The van der Waals surface area contributed by atoms with Crippen LogP contribution in [0.5, 0.6) is 11.5 Å². The van der Waals surface area contributed by atoms with Gasteiger partial charge in [-0.3, -0.25) is 0 Å². The number of phenols is 2. The van der Waals surface area contributed by atoms with Gasteiger partial charge in [0, 0.05) is 41.5 Å². The summed E-state index contributed by atoms with van der Waals surface area (Å²) in [6.45, 7) is 36.7. The summed E-state index contributed by atoms with van der Waals surface area (Å²) in [6, 6.07) is 43.9. The van der Waals surface area contributed by atoms with Crippen LogP contribution in [0.4, 0.5) is 28.4 Å². The molecule has 1 unspecified atom stereocenters. The quantitative estimate of drug-likeness (QED) is 0.0877. The molecule has 0 aliphatic rings. The largest absolute Gasteiger partial charge is 0.507 e. The van der Waals surface area contributed by atoms with E-state index in [4.69, 9.17) is 0 Å². The number of anilines is 5. The molecular weight excluding hydrogens is 831 g/mol. The second kappa shape index (κ2) is 20.1. The minimum atomic E-state index is -0.233. The van der Waals surface area contributed by atoms with Gasteiger partial charge in [0.2, 0.25) is 0 Å². The average Bonchev–Trinajstić information content (AvgIpc) is 3.22. The van der Waals surface area contributed by atoms with E-state index in [-0.39, 0.29) is 21.7 Å². The van der Waals surface area contributed by atoms with Crippen molar-refractivity contribution in [2.75, 3.05) is 15.5 Å². The number of hydrogen-bond acceptors (Lipinski definition) is 5. The topological polar surface area (TPSA) is 67.8 Å². The van der Waals surface area contributed by atoms with E-state index in [1.54, 1.807) is 0 Å². The molecule has 0 bridgehead atoms. The molecule has 6 aromatic carbocycles. The lowest BCUT2D eigenvalue weighted by atomic mass is 9.78. The van der Waals surface area contributed by atoms with Gasteiger partial charge in [-0.1, -0.05) is 147 Å². The lowest BCUT2D eigenvalue weighted by Gasteiger charge is -2.32. The maximum atomic E-state index is 11.6.